The highest BCUT2D eigenvalue weighted by atomic mass is 19.4. The van der Waals surface area contributed by atoms with Crippen molar-refractivity contribution in [3.8, 4) is 5.75 Å². The predicted molar refractivity (Wildman–Crippen MR) is 123 cm³/mol. The number of aliphatic hydroxyl groups excluding tert-OH is 1. The molecule has 1 unspecified atom stereocenters. The minimum absolute atomic E-state index is 0.0362. The molecule has 0 radical (unpaired) electrons. The Balaban J connectivity index is 1.91. The molecule has 4 aromatic rings. The van der Waals surface area contributed by atoms with Crippen molar-refractivity contribution in [2.75, 3.05) is 0 Å². The van der Waals surface area contributed by atoms with Gasteiger partial charge in [-0.25, -0.2) is 0 Å². The Morgan fingerprint density at radius 2 is 1.47 bits per heavy atom. The molecule has 3 N–H and O–H groups in total. The van der Waals surface area contributed by atoms with E-state index in [4.69, 9.17) is 0 Å². The Kier molecular flexibility index (Phi) is 6.68. The summed E-state index contributed by atoms with van der Waals surface area (Å²) in [6, 6.07) is 25.5. The zero-order valence-electron chi connectivity index (χ0n) is 18.1. The van der Waals surface area contributed by atoms with Crippen molar-refractivity contribution in [3.05, 3.63) is 131 Å². The van der Waals surface area contributed by atoms with E-state index in [9.17, 15) is 23.4 Å². The quantitative estimate of drug-likeness (QED) is 0.313. The maximum absolute atomic E-state index is 13.6. The number of halogens is 3. The van der Waals surface area contributed by atoms with Gasteiger partial charge >= 0.3 is 6.18 Å². The molecule has 1 heterocycles. The van der Waals surface area contributed by atoms with E-state index >= 15 is 0 Å². The number of aliphatic hydroxyl groups is 1. The van der Waals surface area contributed by atoms with Crippen LogP contribution in [0.3, 0.4) is 0 Å². The number of pyridine rings is 1. The van der Waals surface area contributed by atoms with E-state index in [0.717, 1.165) is 17.7 Å². The number of benzene rings is 3. The fourth-order valence-corrected chi connectivity index (χ4v) is 4.00. The third-order valence-corrected chi connectivity index (χ3v) is 5.69. The van der Waals surface area contributed by atoms with Gasteiger partial charge in [-0.2, -0.15) is 13.2 Å². The monoisotopic (exact) mass is 464 g/mol. The molecule has 0 aliphatic rings. The number of nitrogens with one attached hydrogen (secondary N) is 1. The van der Waals surface area contributed by atoms with Crippen LogP contribution in [0.5, 0.6) is 5.75 Å². The summed E-state index contributed by atoms with van der Waals surface area (Å²) in [7, 11) is 0. The number of phenols is 1. The molecule has 4 rings (SSSR count). The fraction of sp³-hybridized carbons (Fsp3) is 0.148. The number of phenolic OH excluding ortho intramolecular Hbond substituents is 1. The van der Waals surface area contributed by atoms with Crippen molar-refractivity contribution < 1.29 is 23.4 Å². The first-order valence-corrected chi connectivity index (χ1v) is 10.7. The Morgan fingerprint density at radius 1 is 0.794 bits per heavy atom. The number of nitrogens with zero attached hydrogens (tertiary/aromatic N) is 1. The number of aromatic hydroxyl groups is 1. The fourth-order valence-electron chi connectivity index (χ4n) is 4.00. The van der Waals surface area contributed by atoms with Crippen LogP contribution in [0.4, 0.5) is 13.2 Å². The zero-order chi connectivity index (χ0) is 24.2. The molecule has 0 saturated carbocycles. The van der Waals surface area contributed by atoms with Crippen LogP contribution in [0.25, 0.3) is 0 Å². The smallest absolute Gasteiger partial charge is 0.416 e. The summed E-state index contributed by atoms with van der Waals surface area (Å²) < 4.78 is 40.9. The van der Waals surface area contributed by atoms with Crippen LogP contribution in [-0.4, -0.2) is 15.2 Å². The normalized spacial score (nSPS) is 14.4. The lowest BCUT2D eigenvalue weighted by Crippen LogP contribution is -2.48. The number of rotatable bonds is 7. The van der Waals surface area contributed by atoms with Crippen molar-refractivity contribution in [2.45, 2.75) is 24.4 Å². The van der Waals surface area contributed by atoms with Crippen LogP contribution >= 0.6 is 0 Å². The van der Waals surface area contributed by atoms with Crippen molar-refractivity contribution >= 4 is 0 Å². The summed E-state index contributed by atoms with van der Waals surface area (Å²) in [5.74, 6) is 0.0362. The second-order valence-electron chi connectivity index (χ2n) is 8.00. The Bertz CT molecular complexity index is 1220. The third-order valence-electron chi connectivity index (χ3n) is 5.69. The van der Waals surface area contributed by atoms with Gasteiger partial charge in [0.2, 0.25) is 0 Å². The van der Waals surface area contributed by atoms with E-state index in [-0.39, 0.29) is 12.2 Å². The number of aromatic nitrogens is 1. The summed E-state index contributed by atoms with van der Waals surface area (Å²) in [5, 5.41) is 23.9. The van der Waals surface area contributed by atoms with Gasteiger partial charge in [-0.05, 0) is 53.1 Å². The van der Waals surface area contributed by atoms with E-state index in [1.165, 1.54) is 18.2 Å². The highest BCUT2D eigenvalue weighted by Gasteiger charge is 2.40. The minimum Gasteiger partial charge on any atom is -0.508 e. The molecule has 0 amide bonds. The Morgan fingerprint density at radius 3 is 2.12 bits per heavy atom. The van der Waals surface area contributed by atoms with E-state index in [1.807, 2.05) is 30.3 Å². The van der Waals surface area contributed by atoms with Gasteiger partial charge in [-0.15, -0.1) is 0 Å². The zero-order valence-corrected chi connectivity index (χ0v) is 18.1. The van der Waals surface area contributed by atoms with Gasteiger partial charge in [0, 0.05) is 12.6 Å². The molecule has 4 nitrogen and oxygen atoms in total. The molecule has 0 aliphatic heterocycles. The molecular formula is C27H23F3N2O2. The maximum atomic E-state index is 13.6. The summed E-state index contributed by atoms with van der Waals surface area (Å²) in [6.07, 6.45) is -4.01. The Hall–Kier alpha value is -3.68. The molecule has 7 heteroatoms. The average Bonchev–Trinajstić information content (AvgIpc) is 2.85. The summed E-state index contributed by atoms with van der Waals surface area (Å²) in [6.45, 7) is 0. The predicted octanol–water partition coefficient (Wildman–Crippen LogP) is 5.57. The minimum atomic E-state index is -4.53. The first kappa shape index (κ1) is 23.5. The molecule has 0 fully saturated rings. The summed E-state index contributed by atoms with van der Waals surface area (Å²) >= 11 is 0. The van der Waals surface area contributed by atoms with Crippen molar-refractivity contribution in [1.82, 2.24) is 10.3 Å². The average molecular weight is 464 g/mol. The van der Waals surface area contributed by atoms with Gasteiger partial charge in [0.05, 0.1) is 16.8 Å². The first-order valence-electron chi connectivity index (χ1n) is 10.7. The highest BCUT2D eigenvalue weighted by Crippen LogP contribution is 2.38. The molecule has 0 bridgehead atoms. The van der Waals surface area contributed by atoms with Gasteiger partial charge in [-0.1, -0.05) is 60.7 Å². The van der Waals surface area contributed by atoms with Gasteiger partial charge in [0.15, 0.2) is 0 Å². The lowest BCUT2D eigenvalue weighted by Gasteiger charge is -2.38. The molecule has 174 valence electrons. The molecule has 0 spiro atoms. The topological polar surface area (TPSA) is 65.4 Å². The van der Waals surface area contributed by atoms with Gasteiger partial charge < -0.3 is 10.2 Å². The van der Waals surface area contributed by atoms with Gasteiger partial charge in [0.1, 0.15) is 12.0 Å². The molecular weight excluding hydrogens is 441 g/mol. The Labute approximate surface area is 195 Å². The van der Waals surface area contributed by atoms with Crippen LogP contribution in [0.15, 0.2) is 103 Å². The van der Waals surface area contributed by atoms with Gasteiger partial charge in [0.25, 0.3) is 0 Å². The molecule has 3 aromatic carbocycles. The number of hydrogen-bond acceptors (Lipinski definition) is 4. The number of alkyl halides is 3. The molecule has 0 aliphatic carbocycles. The van der Waals surface area contributed by atoms with Crippen LogP contribution in [0.1, 0.15) is 34.2 Å². The van der Waals surface area contributed by atoms with Crippen LogP contribution in [0, 0.1) is 0 Å². The number of hydrogen-bond donors (Lipinski definition) is 3. The van der Waals surface area contributed by atoms with E-state index in [2.05, 4.69) is 10.3 Å². The molecule has 2 atom stereocenters. The molecule has 1 aromatic heterocycles. The van der Waals surface area contributed by atoms with Crippen LogP contribution in [-0.2, 0) is 18.1 Å². The SMILES string of the molecule is Oc1ccc([C@H](O)NC(Cc2ccccc2)(c2cccc(C(F)(F)F)c2)c2ccccn2)cc1. The van der Waals surface area contributed by atoms with Gasteiger partial charge in [-0.3, -0.25) is 10.3 Å². The summed E-state index contributed by atoms with van der Waals surface area (Å²) in [4.78, 5) is 4.48. The molecule has 34 heavy (non-hydrogen) atoms. The summed E-state index contributed by atoms with van der Waals surface area (Å²) in [5.41, 5.74) is -0.0478. The van der Waals surface area contributed by atoms with E-state index in [0.29, 0.717) is 16.8 Å². The standard InChI is InChI=1S/C27H23F3N2O2/c28-27(29,30)22-10-6-9-21(17-22)26(24-11-4-5-16-31-24,18-19-7-2-1-3-8-19)32-25(34)20-12-14-23(33)15-13-20/h1-17,25,32-34H,18H2/t25-,26?/m0/s1. The molecule has 0 saturated heterocycles. The van der Waals surface area contributed by atoms with Crippen LogP contribution < -0.4 is 5.32 Å². The lowest BCUT2D eigenvalue weighted by atomic mass is 9.79. The first-order chi connectivity index (χ1) is 16.3. The largest absolute Gasteiger partial charge is 0.508 e. The van der Waals surface area contributed by atoms with Crippen molar-refractivity contribution in [2.24, 2.45) is 0 Å². The van der Waals surface area contributed by atoms with Crippen LogP contribution in [0.2, 0.25) is 0 Å². The van der Waals surface area contributed by atoms with E-state index in [1.54, 1.807) is 42.6 Å². The second-order valence-corrected chi connectivity index (χ2v) is 8.00. The second kappa shape index (κ2) is 9.67. The highest BCUT2D eigenvalue weighted by molar-refractivity contribution is 5.41. The maximum Gasteiger partial charge on any atom is 0.416 e. The third kappa shape index (κ3) is 5.11. The van der Waals surface area contributed by atoms with Crippen molar-refractivity contribution in [1.29, 1.82) is 0 Å². The van der Waals surface area contributed by atoms with Crippen molar-refractivity contribution in [3.63, 3.8) is 0 Å². The van der Waals surface area contributed by atoms with E-state index < -0.39 is 23.5 Å². The lowest BCUT2D eigenvalue weighted by molar-refractivity contribution is -0.137.